The summed E-state index contributed by atoms with van der Waals surface area (Å²) in [6.45, 7) is 0. The molecule has 3 heteroatoms. The van der Waals surface area contributed by atoms with E-state index in [1.165, 1.54) is 37.7 Å². The van der Waals surface area contributed by atoms with Crippen molar-refractivity contribution in [1.29, 1.82) is 0 Å². The number of rotatable bonds is 3. The lowest BCUT2D eigenvalue weighted by atomic mass is 9.84. The number of fused-ring (bicyclic) bond motifs is 1. The second-order valence-corrected chi connectivity index (χ2v) is 5.71. The standard InChI is InChI=1S/C16H23NO2/c1-18-12-7-8-16(19-2)13(10-12)15-9-11-5-3-4-6-14(11)17-15/h7-8,10-11,14-15,17H,3-6,9H2,1-2H3. The summed E-state index contributed by atoms with van der Waals surface area (Å²) in [6, 6.07) is 7.21. The van der Waals surface area contributed by atoms with Crippen molar-refractivity contribution in [3.63, 3.8) is 0 Å². The van der Waals surface area contributed by atoms with Gasteiger partial charge in [-0.15, -0.1) is 0 Å². The van der Waals surface area contributed by atoms with Crippen molar-refractivity contribution >= 4 is 0 Å². The van der Waals surface area contributed by atoms with Crippen LogP contribution >= 0.6 is 0 Å². The van der Waals surface area contributed by atoms with Crippen LogP contribution in [-0.2, 0) is 0 Å². The summed E-state index contributed by atoms with van der Waals surface area (Å²) in [5.41, 5.74) is 1.25. The zero-order chi connectivity index (χ0) is 13.2. The Kier molecular flexibility index (Phi) is 3.65. The molecule has 19 heavy (non-hydrogen) atoms. The van der Waals surface area contributed by atoms with E-state index in [0.29, 0.717) is 12.1 Å². The van der Waals surface area contributed by atoms with Crippen LogP contribution in [0.4, 0.5) is 0 Å². The summed E-state index contributed by atoms with van der Waals surface area (Å²) in [5.74, 6) is 2.72. The minimum Gasteiger partial charge on any atom is -0.497 e. The first-order chi connectivity index (χ1) is 9.31. The van der Waals surface area contributed by atoms with Gasteiger partial charge in [0.1, 0.15) is 11.5 Å². The zero-order valence-corrected chi connectivity index (χ0v) is 11.8. The number of benzene rings is 1. The van der Waals surface area contributed by atoms with Crippen molar-refractivity contribution < 1.29 is 9.47 Å². The first-order valence-corrected chi connectivity index (χ1v) is 7.30. The summed E-state index contributed by atoms with van der Waals surface area (Å²) < 4.78 is 10.9. The monoisotopic (exact) mass is 261 g/mol. The molecule has 2 fully saturated rings. The van der Waals surface area contributed by atoms with E-state index in [4.69, 9.17) is 9.47 Å². The van der Waals surface area contributed by atoms with Gasteiger partial charge in [-0.1, -0.05) is 12.8 Å². The molecule has 1 heterocycles. The molecule has 1 aliphatic carbocycles. The molecule has 3 atom stereocenters. The van der Waals surface area contributed by atoms with Crippen LogP contribution in [0.5, 0.6) is 11.5 Å². The van der Waals surface area contributed by atoms with Gasteiger partial charge in [-0.2, -0.15) is 0 Å². The second kappa shape index (κ2) is 5.41. The lowest BCUT2D eigenvalue weighted by Gasteiger charge is -2.24. The minimum absolute atomic E-state index is 0.415. The smallest absolute Gasteiger partial charge is 0.123 e. The first kappa shape index (κ1) is 12.8. The van der Waals surface area contributed by atoms with E-state index in [1.807, 2.05) is 12.1 Å². The summed E-state index contributed by atoms with van der Waals surface area (Å²) in [7, 11) is 3.46. The lowest BCUT2D eigenvalue weighted by molar-refractivity contribution is 0.325. The Labute approximate surface area is 115 Å². The normalized spacial score (nSPS) is 29.9. The highest BCUT2D eigenvalue weighted by atomic mass is 16.5. The van der Waals surface area contributed by atoms with Crippen LogP contribution < -0.4 is 14.8 Å². The van der Waals surface area contributed by atoms with Crippen molar-refractivity contribution in [2.75, 3.05) is 14.2 Å². The highest BCUT2D eigenvalue weighted by Gasteiger charge is 2.36. The van der Waals surface area contributed by atoms with E-state index in [2.05, 4.69) is 11.4 Å². The molecule has 3 nitrogen and oxygen atoms in total. The average Bonchev–Trinajstić information content (AvgIpc) is 2.90. The first-order valence-electron chi connectivity index (χ1n) is 7.30. The molecule has 1 N–H and O–H groups in total. The van der Waals surface area contributed by atoms with E-state index in [1.54, 1.807) is 14.2 Å². The highest BCUT2D eigenvalue weighted by Crippen LogP contribution is 2.42. The molecule has 1 aromatic carbocycles. The largest absolute Gasteiger partial charge is 0.497 e. The Bertz CT molecular complexity index is 432. The van der Waals surface area contributed by atoms with Gasteiger partial charge in [-0.25, -0.2) is 0 Å². The van der Waals surface area contributed by atoms with Gasteiger partial charge in [0, 0.05) is 17.6 Å². The second-order valence-electron chi connectivity index (χ2n) is 5.71. The van der Waals surface area contributed by atoms with Gasteiger partial charge in [0.2, 0.25) is 0 Å². The summed E-state index contributed by atoms with van der Waals surface area (Å²) >= 11 is 0. The average molecular weight is 261 g/mol. The van der Waals surface area contributed by atoms with Crippen LogP contribution in [0.25, 0.3) is 0 Å². The summed E-state index contributed by atoms with van der Waals surface area (Å²) in [4.78, 5) is 0. The van der Waals surface area contributed by atoms with Crippen LogP contribution in [0.15, 0.2) is 18.2 Å². The number of ether oxygens (including phenoxy) is 2. The molecular weight excluding hydrogens is 238 g/mol. The molecule has 0 bridgehead atoms. The third-order valence-corrected chi connectivity index (χ3v) is 4.68. The molecule has 3 rings (SSSR count). The molecule has 1 aromatic rings. The maximum absolute atomic E-state index is 5.52. The fourth-order valence-corrected chi connectivity index (χ4v) is 3.67. The molecule has 0 aromatic heterocycles. The van der Waals surface area contributed by atoms with Crippen molar-refractivity contribution in [3.8, 4) is 11.5 Å². The fourth-order valence-electron chi connectivity index (χ4n) is 3.67. The van der Waals surface area contributed by atoms with Crippen LogP contribution in [0.3, 0.4) is 0 Å². The van der Waals surface area contributed by atoms with E-state index >= 15 is 0 Å². The number of hydrogen-bond acceptors (Lipinski definition) is 3. The van der Waals surface area contributed by atoms with Gasteiger partial charge < -0.3 is 14.8 Å². The topological polar surface area (TPSA) is 30.5 Å². The van der Waals surface area contributed by atoms with Gasteiger partial charge in [0.05, 0.1) is 14.2 Å². The van der Waals surface area contributed by atoms with Crippen LogP contribution in [0, 0.1) is 5.92 Å². The number of hydrogen-bond donors (Lipinski definition) is 1. The van der Waals surface area contributed by atoms with Crippen LogP contribution in [-0.4, -0.2) is 20.3 Å². The Hall–Kier alpha value is -1.22. The van der Waals surface area contributed by atoms with Gasteiger partial charge in [0.25, 0.3) is 0 Å². The van der Waals surface area contributed by atoms with Gasteiger partial charge in [-0.3, -0.25) is 0 Å². The number of methoxy groups -OCH3 is 2. The van der Waals surface area contributed by atoms with E-state index in [9.17, 15) is 0 Å². The summed E-state index contributed by atoms with van der Waals surface area (Å²) in [6.07, 6.45) is 6.70. The predicted molar refractivity (Wildman–Crippen MR) is 75.8 cm³/mol. The molecule has 0 amide bonds. The predicted octanol–water partition coefficient (Wildman–Crippen LogP) is 3.30. The van der Waals surface area contributed by atoms with Crippen molar-refractivity contribution in [2.24, 2.45) is 5.92 Å². The maximum atomic E-state index is 5.52. The molecule has 2 aliphatic rings. The van der Waals surface area contributed by atoms with Crippen molar-refractivity contribution in [2.45, 2.75) is 44.2 Å². The minimum atomic E-state index is 0.415. The van der Waals surface area contributed by atoms with Crippen LogP contribution in [0.1, 0.15) is 43.7 Å². The lowest BCUT2D eigenvalue weighted by Crippen LogP contribution is -2.30. The quantitative estimate of drug-likeness (QED) is 0.905. The van der Waals surface area contributed by atoms with E-state index in [-0.39, 0.29) is 0 Å². The van der Waals surface area contributed by atoms with Crippen molar-refractivity contribution in [3.05, 3.63) is 23.8 Å². The molecule has 3 unspecified atom stereocenters. The van der Waals surface area contributed by atoms with Gasteiger partial charge in [0.15, 0.2) is 0 Å². The fraction of sp³-hybridized carbons (Fsp3) is 0.625. The molecule has 0 spiro atoms. The van der Waals surface area contributed by atoms with Gasteiger partial charge in [-0.05, 0) is 43.4 Å². The third-order valence-electron chi connectivity index (χ3n) is 4.68. The van der Waals surface area contributed by atoms with Crippen LogP contribution in [0.2, 0.25) is 0 Å². The SMILES string of the molecule is COc1ccc(OC)c(C2CC3CCCCC3N2)c1. The maximum Gasteiger partial charge on any atom is 0.123 e. The summed E-state index contributed by atoms with van der Waals surface area (Å²) in [5, 5.41) is 3.80. The Morgan fingerprint density at radius 1 is 1.11 bits per heavy atom. The molecule has 0 radical (unpaired) electrons. The van der Waals surface area contributed by atoms with Crippen molar-refractivity contribution in [1.82, 2.24) is 5.32 Å². The molecule has 104 valence electrons. The highest BCUT2D eigenvalue weighted by molar-refractivity contribution is 5.42. The van der Waals surface area contributed by atoms with E-state index in [0.717, 1.165) is 17.4 Å². The zero-order valence-electron chi connectivity index (χ0n) is 11.8. The Morgan fingerprint density at radius 2 is 1.95 bits per heavy atom. The molecular formula is C16H23NO2. The van der Waals surface area contributed by atoms with E-state index < -0.39 is 0 Å². The third kappa shape index (κ3) is 2.44. The Morgan fingerprint density at radius 3 is 2.68 bits per heavy atom. The molecule has 1 saturated heterocycles. The van der Waals surface area contributed by atoms with Gasteiger partial charge >= 0.3 is 0 Å². The molecule has 1 saturated carbocycles. The number of nitrogens with one attached hydrogen (secondary N) is 1. The molecule has 1 aliphatic heterocycles. The Balaban J connectivity index is 1.85.